The van der Waals surface area contributed by atoms with Gasteiger partial charge in [-0.05, 0) is 61.4 Å². The van der Waals surface area contributed by atoms with Crippen LogP contribution in [0.3, 0.4) is 0 Å². The molecule has 0 unspecified atom stereocenters. The first-order chi connectivity index (χ1) is 9.15. The van der Waals surface area contributed by atoms with Crippen LogP contribution < -0.4 is 0 Å². The molecule has 0 bridgehead atoms. The van der Waals surface area contributed by atoms with Gasteiger partial charge in [0.25, 0.3) is 0 Å². The number of benzene rings is 1. The molecule has 2 N–H and O–H groups in total. The van der Waals surface area contributed by atoms with Crippen molar-refractivity contribution in [2.75, 3.05) is 6.54 Å². The average molecular weight is 261 g/mol. The number of nitrogens with zero attached hydrogens (tertiary/aromatic N) is 1. The van der Waals surface area contributed by atoms with E-state index in [0.717, 1.165) is 37.8 Å². The highest BCUT2D eigenvalue weighted by atomic mass is 16.4. The predicted octanol–water partition coefficient (Wildman–Crippen LogP) is 2.70. The number of carboxylic acid groups (broad SMARTS) is 1. The molecular weight excluding hydrogens is 242 g/mol. The molecule has 1 fully saturated rings. The molecule has 2 rings (SSSR count). The molecule has 0 saturated heterocycles. The lowest BCUT2D eigenvalue weighted by Crippen LogP contribution is -2.22. The third kappa shape index (κ3) is 4.09. The second-order valence-corrected chi connectivity index (χ2v) is 5.14. The highest BCUT2D eigenvalue weighted by molar-refractivity contribution is 5.79. The summed E-state index contributed by atoms with van der Waals surface area (Å²) in [6, 6.07) is 6.92. The van der Waals surface area contributed by atoms with E-state index in [9.17, 15) is 4.79 Å². The van der Waals surface area contributed by atoms with E-state index in [4.69, 9.17) is 10.2 Å². The molecule has 1 saturated carbocycles. The summed E-state index contributed by atoms with van der Waals surface area (Å²) in [6.07, 6.45) is 5.25. The van der Waals surface area contributed by atoms with Gasteiger partial charge in [0.05, 0.1) is 5.92 Å². The SMILES string of the molecule is O=C(O)C1CCC(CN=Cc2ccc(O)cc2)CC1. The fraction of sp³-hybridized carbons (Fsp3) is 0.467. The molecule has 102 valence electrons. The number of hydrogen-bond acceptors (Lipinski definition) is 3. The van der Waals surface area contributed by atoms with Crippen LogP contribution in [0.25, 0.3) is 0 Å². The van der Waals surface area contributed by atoms with Crippen molar-refractivity contribution in [3.8, 4) is 5.75 Å². The van der Waals surface area contributed by atoms with Gasteiger partial charge in [0.1, 0.15) is 5.75 Å². The fourth-order valence-corrected chi connectivity index (χ4v) is 2.46. The number of aliphatic imine (C=N–C) groups is 1. The Balaban J connectivity index is 1.77. The molecule has 0 aromatic heterocycles. The Kier molecular flexibility index (Phi) is 4.55. The summed E-state index contributed by atoms with van der Waals surface area (Å²) < 4.78 is 0. The number of hydrogen-bond donors (Lipinski definition) is 2. The van der Waals surface area contributed by atoms with Gasteiger partial charge < -0.3 is 10.2 Å². The largest absolute Gasteiger partial charge is 0.508 e. The minimum atomic E-state index is -0.661. The van der Waals surface area contributed by atoms with E-state index in [0.29, 0.717) is 5.92 Å². The molecule has 0 atom stereocenters. The molecule has 4 nitrogen and oxygen atoms in total. The fourth-order valence-electron chi connectivity index (χ4n) is 2.46. The van der Waals surface area contributed by atoms with Gasteiger partial charge in [-0.15, -0.1) is 0 Å². The van der Waals surface area contributed by atoms with E-state index in [1.807, 2.05) is 18.3 Å². The number of aromatic hydroxyl groups is 1. The minimum absolute atomic E-state index is 0.155. The van der Waals surface area contributed by atoms with E-state index < -0.39 is 5.97 Å². The number of carbonyl (C=O) groups is 1. The Morgan fingerprint density at radius 3 is 2.42 bits per heavy atom. The summed E-state index contributed by atoms with van der Waals surface area (Å²) in [7, 11) is 0. The molecule has 1 aliphatic carbocycles. The zero-order valence-electron chi connectivity index (χ0n) is 10.8. The summed E-state index contributed by atoms with van der Waals surface area (Å²) in [5, 5.41) is 18.1. The van der Waals surface area contributed by atoms with Crippen LogP contribution in [0.2, 0.25) is 0 Å². The maximum absolute atomic E-state index is 10.8. The Hall–Kier alpha value is -1.84. The monoisotopic (exact) mass is 261 g/mol. The molecule has 1 aromatic carbocycles. The summed E-state index contributed by atoms with van der Waals surface area (Å²) in [6.45, 7) is 0.757. The Labute approximate surface area is 112 Å². The number of phenolic OH excluding ortho intramolecular Hbond substituents is 1. The zero-order valence-corrected chi connectivity index (χ0v) is 10.8. The standard InChI is InChI=1S/C15H19NO3/c17-14-7-3-12(4-8-14)10-16-9-11-1-5-13(6-2-11)15(18)19/h3-4,7-8,10-11,13,17H,1-2,5-6,9H2,(H,18,19). The van der Waals surface area contributed by atoms with Crippen LogP contribution in [0.5, 0.6) is 5.75 Å². The maximum atomic E-state index is 10.8. The Bertz CT molecular complexity index is 445. The molecular formula is C15H19NO3. The topological polar surface area (TPSA) is 69.9 Å². The van der Waals surface area contributed by atoms with Gasteiger partial charge >= 0.3 is 5.97 Å². The van der Waals surface area contributed by atoms with Gasteiger partial charge in [-0.3, -0.25) is 9.79 Å². The van der Waals surface area contributed by atoms with Gasteiger partial charge in [0.15, 0.2) is 0 Å². The molecule has 0 amide bonds. The van der Waals surface area contributed by atoms with Crippen molar-refractivity contribution in [1.82, 2.24) is 0 Å². The van der Waals surface area contributed by atoms with Crippen LogP contribution in [0.1, 0.15) is 31.2 Å². The lowest BCUT2D eigenvalue weighted by atomic mass is 9.82. The number of rotatable bonds is 4. The summed E-state index contributed by atoms with van der Waals surface area (Å²) >= 11 is 0. The normalized spacial score (nSPS) is 23.6. The highest BCUT2D eigenvalue weighted by Crippen LogP contribution is 2.29. The molecule has 1 aromatic rings. The highest BCUT2D eigenvalue weighted by Gasteiger charge is 2.25. The number of aliphatic carboxylic acids is 1. The number of carboxylic acids is 1. The van der Waals surface area contributed by atoms with Crippen molar-refractivity contribution in [1.29, 1.82) is 0 Å². The molecule has 0 heterocycles. The summed E-state index contributed by atoms with van der Waals surface area (Å²) in [5.74, 6) is -0.0588. The Morgan fingerprint density at radius 2 is 1.84 bits per heavy atom. The van der Waals surface area contributed by atoms with Crippen LogP contribution in [0.15, 0.2) is 29.3 Å². The quantitative estimate of drug-likeness (QED) is 0.819. The van der Waals surface area contributed by atoms with Crippen molar-refractivity contribution in [2.45, 2.75) is 25.7 Å². The second kappa shape index (κ2) is 6.36. The predicted molar refractivity (Wildman–Crippen MR) is 73.7 cm³/mol. The van der Waals surface area contributed by atoms with E-state index >= 15 is 0 Å². The van der Waals surface area contributed by atoms with E-state index in [1.54, 1.807) is 12.1 Å². The number of phenols is 1. The van der Waals surface area contributed by atoms with Gasteiger partial charge in [0, 0.05) is 12.8 Å². The van der Waals surface area contributed by atoms with Crippen molar-refractivity contribution >= 4 is 12.2 Å². The first kappa shape index (κ1) is 13.6. The van der Waals surface area contributed by atoms with E-state index in [2.05, 4.69) is 4.99 Å². The van der Waals surface area contributed by atoms with Crippen LogP contribution in [-0.2, 0) is 4.79 Å². The third-order valence-electron chi connectivity index (χ3n) is 3.69. The molecule has 0 aliphatic heterocycles. The minimum Gasteiger partial charge on any atom is -0.508 e. The van der Waals surface area contributed by atoms with Gasteiger partial charge in [-0.25, -0.2) is 0 Å². The molecule has 0 spiro atoms. The average Bonchev–Trinajstić information content (AvgIpc) is 2.41. The Morgan fingerprint density at radius 1 is 1.21 bits per heavy atom. The summed E-state index contributed by atoms with van der Waals surface area (Å²) in [5.41, 5.74) is 0.969. The van der Waals surface area contributed by atoms with Crippen molar-refractivity contribution in [3.05, 3.63) is 29.8 Å². The first-order valence-electron chi connectivity index (χ1n) is 6.67. The lowest BCUT2D eigenvalue weighted by molar-refractivity contribution is -0.143. The third-order valence-corrected chi connectivity index (χ3v) is 3.69. The summed E-state index contributed by atoms with van der Waals surface area (Å²) in [4.78, 5) is 15.2. The van der Waals surface area contributed by atoms with Gasteiger partial charge in [0.2, 0.25) is 0 Å². The van der Waals surface area contributed by atoms with Gasteiger partial charge in [-0.1, -0.05) is 0 Å². The van der Waals surface area contributed by atoms with E-state index in [1.165, 1.54) is 0 Å². The van der Waals surface area contributed by atoms with Crippen LogP contribution in [-0.4, -0.2) is 28.9 Å². The van der Waals surface area contributed by atoms with Crippen LogP contribution in [0.4, 0.5) is 0 Å². The maximum Gasteiger partial charge on any atom is 0.306 e. The van der Waals surface area contributed by atoms with Crippen molar-refractivity contribution < 1.29 is 15.0 Å². The molecule has 4 heteroatoms. The van der Waals surface area contributed by atoms with Crippen LogP contribution >= 0.6 is 0 Å². The smallest absolute Gasteiger partial charge is 0.306 e. The van der Waals surface area contributed by atoms with Gasteiger partial charge in [-0.2, -0.15) is 0 Å². The first-order valence-corrected chi connectivity index (χ1v) is 6.67. The van der Waals surface area contributed by atoms with Crippen LogP contribution in [0, 0.1) is 11.8 Å². The van der Waals surface area contributed by atoms with Crippen molar-refractivity contribution in [3.63, 3.8) is 0 Å². The molecule has 1 aliphatic rings. The lowest BCUT2D eigenvalue weighted by Gasteiger charge is -2.24. The molecule has 0 radical (unpaired) electrons. The second-order valence-electron chi connectivity index (χ2n) is 5.14. The molecule has 19 heavy (non-hydrogen) atoms. The van der Waals surface area contributed by atoms with Crippen molar-refractivity contribution in [2.24, 2.45) is 16.8 Å². The zero-order chi connectivity index (χ0) is 13.7. The van der Waals surface area contributed by atoms with E-state index in [-0.39, 0.29) is 11.7 Å².